The summed E-state index contributed by atoms with van der Waals surface area (Å²) in [6.45, 7) is 0. The Labute approximate surface area is 161 Å². The number of benzene rings is 1. The van der Waals surface area contributed by atoms with Crippen molar-refractivity contribution in [2.45, 2.75) is 43.6 Å². The summed E-state index contributed by atoms with van der Waals surface area (Å²) in [6.07, 6.45) is 6.65. The van der Waals surface area contributed by atoms with Crippen LogP contribution in [-0.2, 0) is 0 Å². The smallest absolute Gasteiger partial charge is 0.245 e. The van der Waals surface area contributed by atoms with Crippen molar-refractivity contribution >= 4 is 16.7 Å². The standard InChI is InChI=1S/C20H21FN6O/c1-27(17-8-13-2-3-15(24-13)19(17)21)20-23-10-16(25-26-20)14-6-11-4-5-22-9-12(11)7-18(14)28/h4-7,9-10,13,15,17,19,24,28H,2-3,8H2,1H3/t13-,15+,17-,19+/m0/s1. The third-order valence-electron chi connectivity index (χ3n) is 5.95. The van der Waals surface area contributed by atoms with Crippen LogP contribution in [0, 0.1) is 0 Å². The fourth-order valence-electron chi connectivity index (χ4n) is 4.38. The van der Waals surface area contributed by atoms with Crippen molar-refractivity contribution < 1.29 is 9.50 Å². The van der Waals surface area contributed by atoms with Gasteiger partial charge in [0.15, 0.2) is 0 Å². The second kappa shape index (κ2) is 6.63. The van der Waals surface area contributed by atoms with Crippen LogP contribution in [0.1, 0.15) is 19.3 Å². The molecule has 0 unspecified atom stereocenters. The predicted octanol–water partition coefficient (Wildman–Crippen LogP) is 2.46. The molecule has 0 amide bonds. The first kappa shape index (κ1) is 17.2. The molecule has 0 saturated carbocycles. The molecule has 144 valence electrons. The van der Waals surface area contributed by atoms with Crippen LogP contribution < -0.4 is 10.2 Å². The summed E-state index contributed by atoms with van der Waals surface area (Å²) in [6, 6.07) is 5.38. The fourth-order valence-corrected chi connectivity index (χ4v) is 4.38. The molecule has 7 nitrogen and oxygen atoms in total. The lowest BCUT2D eigenvalue weighted by atomic mass is 9.97. The van der Waals surface area contributed by atoms with Crippen molar-refractivity contribution in [1.82, 2.24) is 25.5 Å². The number of fused-ring (bicyclic) bond motifs is 3. The lowest BCUT2D eigenvalue weighted by Crippen LogP contribution is -2.55. The number of aromatic nitrogens is 4. The number of phenols is 1. The maximum absolute atomic E-state index is 14.8. The quantitative estimate of drug-likeness (QED) is 0.722. The maximum Gasteiger partial charge on any atom is 0.245 e. The van der Waals surface area contributed by atoms with E-state index in [1.54, 1.807) is 29.6 Å². The molecule has 4 atom stereocenters. The molecule has 5 rings (SSSR count). The molecule has 2 aliphatic heterocycles. The number of nitrogens with one attached hydrogen (secondary N) is 1. The second-order valence-electron chi connectivity index (χ2n) is 7.64. The minimum absolute atomic E-state index is 0.0810. The van der Waals surface area contributed by atoms with Gasteiger partial charge < -0.3 is 15.3 Å². The number of halogens is 1. The van der Waals surface area contributed by atoms with Gasteiger partial charge in [-0.1, -0.05) is 0 Å². The van der Waals surface area contributed by atoms with Crippen molar-refractivity contribution in [2.24, 2.45) is 0 Å². The number of piperidine rings is 1. The van der Waals surface area contributed by atoms with E-state index in [0.717, 1.165) is 30.0 Å². The average Bonchev–Trinajstić information content (AvgIpc) is 3.13. The fraction of sp³-hybridized carbons (Fsp3) is 0.400. The molecule has 2 aliphatic rings. The van der Waals surface area contributed by atoms with Crippen LogP contribution >= 0.6 is 0 Å². The van der Waals surface area contributed by atoms with Crippen molar-refractivity contribution in [1.29, 1.82) is 0 Å². The molecular formula is C20H21FN6O. The van der Waals surface area contributed by atoms with Gasteiger partial charge in [-0.2, -0.15) is 0 Å². The Morgan fingerprint density at radius 2 is 2.07 bits per heavy atom. The van der Waals surface area contributed by atoms with Crippen LogP contribution in [0.3, 0.4) is 0 Å². The zero-order chi connectivity index (χ0) is 19.3. The van der Waals surface area contributed by atoms with Gasteiger partial charge in [0.1, 0.15) is 17.6 Å². The van der Waals surface area contributed by atoms with E-state index in [1.165, 1.54) is 0 Å². The van der Waals surface area contributed by atoms with Gasteiger partial charge in [-0.05, 0) is 42.8 Å². The topological polar surface area (TPSA) is 87.1 Å². The number of anilines is 1. The highest BCUT2D eigenvalue weighted by atomic mass is 19.1. The molecule has 2 bridgehead atoms. The molecule has 2 fully saturated rings. The van der Waals surface area contributed by atoms with Gasteiger partial charge >= 0.3 is 0 Å². The third-order valence-corrected chi connectivity index (χ3v) is 5.95. The molecule has 4 heterocycles. The molecule has 0 aliphatic carbocycles. The Morgan fingerprint density at radius 1 is 1.18 bits per heavy atom. The van der Waals surface area contributed by atoms with Gasteiger partial charge in [-0.15, -0.1) is 10.2 Å². The number of nitrogens with zero attached hydrogens (tertiary/aromatic N) is 5. The number of alkyl halides is 1. The number of hydrogen-bond acceptors (Lipinski definition) is 7. The zero-order valence-electron chi connectivity index (χ0n) is 15.5. The SMILES string of the molecule is CN(c1ncc(-c2cc3ccncc3cc2O)nn1)[C@H]1C[C@@H]2CC[C@@H](N2)[C@H]1F. The van der Waals surface area contributed by atoms with E-state index in [2.05, 4.69) is 25.5 Å². The number of rotatable bonds is 3. The van der Waals surface area contributed by atoms with E-state index in [0.29, 0.717) is 23.2 Å². The van der Waals surface area contributed by atoms with Gasteiger partial charge in [0.25, 0.3) is 0 Å². The van der Waals surface area contributed by atoms with Crippen LogP contribution in [0.5, 0.6) is 5.75 Å². The molecule has 8 heteroatoms. The van der Waals surface area contributed by atoms with Crippen molar-refractivity contribution in [3.05, 3.63) is 36.8 Å². The molecule has 2 N–H and O–H groups in total. The molecule has 0 spiro atoms. The van der Waals surface area contributed by atoms with Crippen LogP contribution in [0.2, 0.25) is 0 Å². The Hall–Kier alpha value is -2.87. The Morgan fingerprint density at radius 3 is 2.89 bits per heavy atom. The van der Waals surface area contributed by atoms with E-state index >= 15 is 0 Å². The minimum Gasteiger partial charge on any atom is -0.507 e. The van der Waals surface area contributed by atoms with Crippen LogP contribution in [0.15, 0.2) is 36.8 Å². The molecule has 3 aromatic rings. The summed E-state index contributed by atoms with van der Waals surface area (Å²) in [7, 11) is 1.82. The van der Waals surface area contributed by atoms with E-state index in [-0.39, 0.29) is 17.8 Å². The highest BCUT2D eigenvalue weighted by Gasteiger charge is 2.44. The summed E-state index contributed by atoms with van der Waals surface area (Å²) in [5.74, 6) is 0.485. The Kier molecular flexibility index (Phi) is 4.08. The molecule has 0 radical (unpaired) electrons. The highest BCUT2D eigenvalue weighted by Crippen LogP contribution is 2.34. The zero-order valence-corrected chi connectivity index (χ0v) is 15.5. The summed E-state index contributed by atoms with van der Waals surface area (Å²) in [5.41, 5.74) is 1.02. The van der Waals surface area contributed by atoms with Gasteiger partial charge in [-0.3, -0.25) is 4.98 Å². The third kappa shape index (κ3) is 2.84. The number of pyridine rings is 1. The van der Waals surface area contributed by atoms with Crippen LogP contribution in [0.25, 0.3) is 22.0 Å². The second-order valence-corrected chi connectivity index (χ2v) is 7.64. The highest BCUT2D eigenvalue weighted by molar-refractivity contribution is 5.89. The van der Waals surface area contributed by atoms with E-state index < -0.39 is 6.17 Å². The number of hydrogen-bond donors (Lipinski definition) is 2. The van der Waals surface area contributed by atoms with Gasteiger partial charge in [0.2, 0.25) is 5.95 Å². The maximum atomic E-state index is 14.8. The largest absolute Gasteiger partial charge is 0.507 e. The van der Waals surface area contributed by atoms with Gasteiger partial charge in [0, 0.05) is 42.5 Å². The Balaban J connectivity index is 1.42. The monoisotopic (exact) mass is 380 g/mol. The van der Waals surface area contributed by atoms with E-state index in [9.17, 15) is 9.50 Å². The average molecular weight is 380 g/mol. The van der Waals surface area contributed by atoms with Crippen molar-refractivity contribution in [3.63, 3.8) is 0 Å². The summed E-state index contributed by atoms with van der Waals surface area (Å²) < 4.78 is 14.8. The first-order valence-electron chi connectivity index (χ1n) is 9.50. The summed E-state index contributed by atoms with van der Waals surface area (Å²) in [5, 5.41) is 23.9. The van der Waals surface area contributed by atoms with E-state index in [4.69, 9.17) is 0 Å². The van der Waals surface area contributed by atoms with E-state index in [1.807, 2.05) is 19.2 Å². The first-order valence-corrected chi connectivity index (χ1v) is 9.50. The lowest BCUT2D eigenvalue weighted by molar-refractivity contribution is 0.175. The molecule has 2 aromatic heterocycles. The predicted molar refractivity (Wildman–Crippen MR) is 104 cm³/mol. The molecular weight excluding hydrogens is 359 g/mol. The number of aromatic hydroxyl groups is 1. The molecule has 1 aromatic carbocycles. The minimum atomic E-state index is -0.954. The van der Waals surface area contributed by atoms with Gasteiger partial charge in [-0.25, -0.2) is 9.37 Å². The Bertz CT molecular complexity index is 1010. The first-order chi connectivity index (χ1) is 13.6. The lowest BCUT2D eigenvalue weighted by Gasteiger charge is -2.38. The van der Waals surface area contributed by atoms with Crippen LogP contribution in [0.4, 0.5) is 10.3 Å². The normalized spacial score (nSPS) is 26.5. The summed E-state index contributed by atoms with van der Waals surface area (Å²) in [4.78, 5) is 10.3. The summed E-state index contributed by atoms with van der Waals surface area (Å²) >= 11 is 0. The van der Waals surface area contributed by atoms with Crippen molar-refractivity contribution in [2.75, 3.05) is 11.9 Å². The number of phenolic OH excluding ortho intramolecular Hbond substituents is 1. The molecule has 2 saturated heterocycles. The van der Waals surface area contributed by atoms with Crippen molar-refractivity contribution in [3.8, 4) is 17.0 Å². The van der Waals surface area contributed by atoms with Gasteiger partial charge in [0.05, 0.1) is 12.2 Å². The molecule has 28 heavy (non-hydrogen) atoms. The van der Waals surface area contributed by atoms with Crippen LogP contribution in [-0.4, -0.2) is 56.6 Å².